The first-order chi connectivity index (χ1) is 12.6. The lowest BCUT2D eigenvalue weighted by molar-refractivity contribution is 0.0742. The van der Waals surface area contributed by atoms with Gasteiger partial charge >= 0.3 is 0 Å². The zero-order valence-corrected chi connectivity index (χ0v) is 17.6. The van der Waals surface area contributed by atoms with Crippen LogP contribution in [0.4, 0.5) is 0 Å². The van der Waals surface area contributed by atoms with Gasteiger partial charge in [0, 0.05) is 25.7 Å². The van der Waals surface area contributed by atoms with Crippen LogP contribution in [0.5, 0.6) is 0 Å². The van der Waals surface area contributed by atoms with Crippen molar-refractivity contribution in [2.45, 2.75) is 44.7 Å². The summed E-state index contributed by atoms with van der Waals surface area (Å²) < 4.78 is 26.4. The largest absolute Gasteiger partial charge is 0.335 e. The Morgan fingerprint density at radius 1 is 0.889 bits per heavy atom. The number of carbonyl (C=O) groups is 1. The van der Waals surface area contributed by atoms with Gasteiger partial charge in [0.1, 0.15) is 0 Å². The summed E-state index contributed by atoms with van der Waals surface area (Å²) in [4.78, 5) is 14.6. The molecule has 0 aliphatic carbocycles. The number of aryl methyl sites for hydroxylation is 1. The minimum Gasteiger partial charge on any atom is -0.335 e. The Labute approximate surface area is 162 Å². The Morgan fingerprint density at radius 2 is 1.41 bits per heavy atom. The lowest BCUT2D eigenvalue weighted by atomic mass is 10.0. The topological polar surface area (TPSA) is 57.7 Å². The zero-order valence-electron chi connectivity index (χ0n) is 16.8. The van der Waals surface area contributed by atoms with E-state index in [0.717, 1.165) is 5.56 Å². The molecule has 2 aromatic carbocycles. The summed E-state index contributed by atoms with van der Waals surface area (Å²) in [6.07, 6.45) is 0. The van der Waals surface area contributed by atoms with Crippen molar-refractivity contribution >= 4 is 15.9 Å². The third kappa shape index (κ3) is 4.57. The fraction of sp³-hybridized carbons (Fsp3) is 0.381. The summed E-state index contributed by atoms with van der Waals surface area (Å²) in [7, 11) is -0.250. The van der Waals surface area contributed by atoms with Crippen molar-refractivity contribution in [1.29, 1.82) is 0 Å². The van der Waals surface area contributed by atoms with Gasteiger partial charge in [-0.3, -0.25) is 4.79 Å². The first kappa shape index (κ1) is 21.1. The molecule has 0 saturated heterocycles. The summed E-state index contributed by atoms with van der Waals surface area (Å²) in [5.41, 5.74) is 2.68. The molecule has 5 nitrogen and oxygen atoms in total. The highest BCUT2D eigenvalue weighted by Gasteiger charge is 2.24. The zero-order chi connectivity index (χ0) is 20.4. The summed E-state index contributed by atoms with van der Waals surface area (Å²) >= 11 is 0. The second-order valence-corrected chi connectivity index (χ2v) is 9.14. The lowest BCUT2D eigenvalue weighted by Gasteiger charge is -2.26. The van der Waals surface area contributed by atoms with Crippen LogP contribution in [0.25, 0.3) is 0 Å². The van der Waals surface area contributed by atoms with E-state index in [1.165, 1.54) is 22.0 Å². The average molecular weight is 389 g/mol. The van der Waals surface area contributed by atoms with Crippen molar-refractivity contribution in [2.75, 3.05) is 14.1 Å². The minimum atomic E-state index is -3.56. The molecule has 1 unspecified atom stereocenters. The van der Waals surface area contributed by atoms with Gasteiger partial charge in [0.2, 0.25) is 10.0 Å². The van der Waals surface area contributed by atoms with E-state index < -0.39 is 10.0 Å². The van der Waals surface area contributed by atoms with Crippen LogP contribution in [0.2, 0.25) is 0 Å². The highest BCUT2D eigenvalue weighted by Crippen LogP contribution is 2.22. The highest BCUT2D eigenvalue weighted by atomic mass is 32.2. The molecule has 2 rings (SSSR count). The Kier molecular flexibility index (Phi) is 6.44. The quantitative estimate of drug-likeness (QED) is 0.755. The second kappa shape index (κ2) is 8.23. The molecule has 0 heterocycles. The monoisotopic (exact) mass is 388 g/mol. The van der Waals surface area contributed by atoms with E-state index in [2.05, 4.69) is 0 Å². The summed E-state index contributed by atoms with van der Waals surface area (Å²) in [6.45, 7) is 7.63. The molecule has 0 N–H and O–H groups in total. The molecule has 0 aliphatic heterocycles. The van der Waals surface area contributed by atoms with Crippen molar-refractivity contribution in [1.82, 2.24) is 9.21 Å². The van der Waals surface area contributed by atoms with E-state index >= 15 is 0 Å². The SMILES string of the molecule is Cc1ccc(C(C)N(C)C(=O)c2ccc(S(=O)(=O)N(C)C(C)C)cc2)cc1. The molecule has 0 saturated carbocycles. The highest BCUT2D eigenvalue weighted by molar-refractivity contribution is 7.89. The number of benzene rings is 2. The van der Waals surface area contributed by atoms with Crippen molar-refractivity contribution in [3.63, 3.8) is 0 Å². The molecular weight excluding hydrogens is 360 g/mol. The Balaban J connectivity index is 2.21. The van der Waals surface area contributed by atoms with Crippen molar-refractivity contribution < 1.29 is 13.2 Å². The van der Waals surface area contributed by atoms with Gasteiger partial charge in [-0.15, -0.1) is 0 Å². The van der Waals surface area contributed by atoms with E-state index in [9.17, 15) is 13.2 Å². The number of amides is 1. The number of hydrogen-bond acceptors (Lipinski definition) is 3. The maximum absolute atomic E-state index is 12.8. The Hall–Kier alpha value is -2.18. The molecular formula is C21H28N2O3S. The molecule has 1 atom stereocenters. The summed E-state index contributed by atoms with van der Waals surface area (Å²) in [5, 5.41) is 0. The molecule has 0 aromatic heterocycles. The molecule has 0 spiro atoms. The van der Waals surface area contributed by atoms with E-state index in [4.69, 9.17) is 0 Å². The summed E-state index contributed by atoms with van der Waals surface area (Å²) in [6, 6.07) is 14.0. The maximum Gasteiger partial charge on any atom is 0.254 e. The fourth-order valence-corrected chi connectivity index (χ4v) is 4.03. The predicted molar refractivity (Wildman–Crippen MR) is 108 cm³/mol. The third-order valence-electron chi connectivity index (χ3n) is 4.97. The van der Waals surface area contributed by atoms with Gasteiger partial charge < -0.3 is 4.90 Å². The molecule has 2 aromatic rings. The van der Waals surface area contributed by atoms with Crippen LogP contribution in [-0.2, 0) is 10.0 Å². The minimum absolute atomic E-state index is 0.0893. The number of rotatable bonds is 6. The van der Waals surface area contributed by atoms with Gasteiger partial charge in [0.25, 0.3) is 5.91 Å². The van der Waals surface area contributed by atoms with Crippen LogP contribution in [0.15, 0.2) is 53.4 Å². The van der Waals surface area contributed by atoms with Crippen LogP contribution < -0.4 is 0 Å². The fourth-order valence-electron chi connectivity index (χ4n) is 2.66. The van der Waals surface area contributed by atoms with Gasteiger partial charge in [-0.1, -0.05) is 29.8 Å². The van der Waals surface area contributed by atoms with Crippen molar-refractivity contribution in [2.24, 2.45) is 0 Å². The molecule has 0 radical (unpaired) electrons. The van der Waals surface area contributed by atoms with E-state index in [1.807, 2.05) is 52.0 Å². The van der Waals surface area contributed by atoms with E-state index in [-0.39, 0.29) is 22.9 Å². The van der Waals surface area contributed by atoms with Crippen LogP contribution in [0.1, 0.15) is 48.3 Å². The van der Waals surface area contributed by atoms with Crippen molar-refractivity contribution in [3.8, 4) is 0 Å². The predicted octanol–water partition coefficient (Wildman–Crippen LogP) is 3.86. The molecule has 1 amide bonds. The molecule has 0 bridgehead atoms. The molecule has 146 valence electrons. The van der Waals surface area contributed by atoms with Gasteiger partial charge in [-0.05, 0) is 57.5 Å². The van der Waals surface area contributed by atoms with Gasteiger partial charge in [-0.25, -0.2) is 8.42 Å². The van der Waals surface area contributed by atoms with Gasteiger partial charge in [0.15, 0.2) is 0 Å². The molecule has 6 heteroatoms. The van der Waals surface area contributed by atoms with Crippen LogP contribution in [0.3, 0.4) is 0 Å². The normalized spacial score (nSPS) is 13.0. The number of hydrogen-bond donors (Lipinski definition) is 0. The van der Waals surface area contributed by atoms with E-state index in [1.54, 1.807) is 31.1 Å². The lowest BCUT2D eigenvalue weighted by Crippen LogP contribution is -2.33. The standard InChI is InChI=1S/C21H28N2O3S/c1-15(2)23(6)27(25,26)20-13-11-19(12-14-20)21(24)22(5)17(4)18-9-7-16(3)8-10-18/h7-15,17H,1-6H3. The maximum atomic E-state index is 12.8. The second-order valence-electron chi connectivity index (χ2n) is 7.14. The Bertz CT molecular complexity index is 888. The number of nitrogens with zero attached hydrogens (tertiary/aromatic N) is 2. The number of carbonyl (C=O) groups excluding carboxylic acids is 1. The molecule has 0 aliphatic rings. The average Bonchev–Trinajstić information content (AvgIpc) is 2.66. The first-order valence-electron chi connectivity index (χ1n) is 8.97. The first-order valence-corrected chi connectivity index (χ1v) is 10.4. The molecule has 0 fully saturated rings. The van der Waals surface area contributed by atoms with E-state index in [0.29, 0.717) is 5.56 Å². The van der Waals surface area contributed by atoms with Gasteiger partial charge in [-0.2, -0.15) is 4.31 Å². The van der Waals surface area contributed by atoms with Crippen LogP contribution in [-0.4, -0.2) is 43.7 Å². The molecule has 27 heavy (non-hydrogen) atoms. The van der Waals surface area contributed by atoms with Crippen LogP contribution >= 0.6 is 0 Å². The van der Waals surface area contributed by atoms with Crippen LogP contribution in [0, 0.1) is 6.92 Å². The number of sulfonamides is 1. The summed E-state index contributed by atoms with van der Waals surface area (Å²) in [5.74, 6) is -0.149. The van der Waals surface area contributed by atoms with Gasteiger partial charge in [0.05, 0.1) is 10.9 Å². The van der Waals surface area contributed by atoms with Crippen molar-refractivity contribution in [3.05, 3.63) is 65.2 Å². The third-order valence-corrected chi connectivity index (χ3v) is 7.01. The smallest absolute Gasteiger partial charge is 0.254 e. The Morgan fingerprint density at radius 3 is 1.89 bits per heavy atom.